The Morgan fingerprint density at radius 2 is 1.12 bits per heavy atom. The molecular weight excluding hydrogens is 519 g/mol. The lowest BCUT2D eigenvalue weighted by molar-refractivity contribution is -0.128. The summed E-state index contributed by atoms with van der Waals surface area (Å²) in [5.74, 6) is 0.739. The second kappa shape index (κ2) is 17.0. The first-order valence-electron chi connectivity index (χ1n) is 13.8. The van der Waals surface area contributed by atoms with Crippen molar-refractivity contribution in [3.63, 3.8) is 0 Å². The fraction of sp³-hybridized carbons (Fsp3) is 0.382. The molecule has 0 aromatic heterocycles. The van der Waals surface area contributed by atoms with Crippen molar-refractivity contribution in [2.24, 2.45) is 17.3 Å². The highest BCUT2D eigenvalue weighted by Crippen LogP contribution is 2.44. The van der Waals surface area contributed by atoms with E-state index in [1.807, 2.05) is 42.5 Å². The minimum atomic E-state index is -3.50. The summed E-state index contributed by atoms with van der Waals surface area (Å²) in [5, 5.41) is 0.977. The summed E-state index contributed by atoms with van der Waals surface area (Å²) < 4.78 is 29.8. The molecule has 40 heavy (non-hydrogen) atoms. The third kappa shape index (κ3) is 10.9. The number of ether oxygens (including phenoxy) is 2. The van der Waals surface area contributed by atoms with Crippen LogP contribution in [-0.4, -0.2) is 33.4 Å². The standard InChI is InChI=1S/C21H17O3P.C13H28O2/c22-21(17-16-18-10-4-1-5-11-18)24-25(23,19-12-6-2-7-13-19)20-14-8-3-9-15-20;1-11(2)7-13(9-14-5,10-15-6)8-12(3)4/h1-17H;11-12H,7-10H2,1-6H3. The lowest BCUT2D eigenvalue weighted by Gasteiger charge is -2.35. The van der Waals surface area contributed by atoms with E-state index in [9.17, 15) is 9.36 Å². The summed E-state index contributed by atoms with van der Waals surface area (Å²) >= 11 is 0. The highest BCUT2D eigenvalue weighted by Gasteiger charge is 2.32. The third-order valence-corrected chi connectivity index (χ3v) is 8.60. The number of carbonyl (C=O) groups excluding carboxylic acids is 1. The first-order chi connectivity index (χ1) is 19.1. The average molecular weight is 565 g/mol. The predicted molar refractivity (Wildman–Crippen MR) is 166 cm³/mol. The molecule has 0 unspecified atom stereocenters. The smallest absolute Gasteiger partial charge is 0.336 e. The lowest BCUT2D eigenvalue weighted by Crippen LogP contribution is -2.34. The SMILES string of the molecule is COCC(COC)(CC(C)C)CC(C)C.O=C(C=Cc1ccccc1)OP(=O)(c1ccccc1)c1ccccc1. The Bertz CT molecular complexity index is 1130. The summed E-state index contributed by atoms with van der Waals surface area (Å²) in [4.78, 5) is 12.3. The van der Waals surface area contributed by atoms with Gasteiger partial charge in [-0.3, -0.25) is 4.57 Å². The van der Waals surface area contributed by atoms with Crippen LogP contribution in [0.3, 0.4) is 0 Å². The second-order valence-corrected chi connectivity index (χ2v) is 13.3. The van der Waals surface area contributed by atoms with Crippen molar-refractivity contribution in [3.8, 4) is 0 Å². The normalized spacial score (nSPS) is 11.9. The van der Waals surface area contributed by atoms with Crippen molar-refractivity contribution in [2.45, 2.75) is 40.5 Å². The van der Waals surface area contributed by atoms with Crippen LogP contribution in [0.4, 0.5) is 0 Å². The zero-order valence-electron chi connectivity index (χ0n) is 24.8. The van der Waals surface area contributed by atoms with E-state index in [1.165, 1.54) is 18.9 Å². The van der Waals surface area contributed by atoms with Crippen LogP contribution in [0.2, 0.25) is 0 Å². The van der Waals surface area contributed by atoms with Gasteiger partial charge in [-0.15, -0.1) is 0 Å². The van der Waals surface area contributed by atoms with E-state index < -0.39 is 13.3 Å². The van der Waals surface area contributed by atoms with Gasteiger partial charge < -0.3 is 14.0 Å². The predicted octanol–water partition coefficient (Wildman–Crippen LogP) is 7.53. The molecule has 5 nitrogen and oxygen atoms in total. The van der Waals surface area contributed by atoms with Crippen LogP contribution >= 0.6 is 7.37 Å². The van der Waals surface area contributed by atoms with Crippen LogP contribution in [0.1, 0.15) is 46.1 Å². The molecule has 0 heterocycles. The van der Waals surface area contributed by atoms with Crippen LogP contribution in [-0.2, 0) is 23.4 Å². The Hall–Kier alpha value is -2.98. The van der Waals surface area contributed by atoms with Gasteiger partial charge >= 0.3 is 13.3 Å². The van der Waals surface area contributed by atoms with Gasteiger partial charge in [0.15, 0.2) is 0 Å². The van der Waals surface area contributed by atoms with Crippen molar-refractivity contribution in [2.75, 3.05) is 27.4 Å². The van der Waals surface area contributed by atoms with Gasteiger partial charge in [-0.2, -0.15) is 0 Å². The zero-order chi connectivity index (χ0) is 29.4. The lowest BCUT2D eigenvalue weighted by atomic mass is 9.75. The molecule has 0 bridgehead atoms. The largest absolute Gasteiger partial charge is 0.401 e. The van der Waals surface area contributed by atoms with Crippen LogP contribution in [0.5, 0.6) is 0 Å². The Balaban J connectivity index is 0.000000323. The molecule has 216 valence electrons. The van der Waals surface area contributed by atoms with E-state index in [4.69, 9.17) is 14.0 Å². The quantitative estimate of drug-likeness (QED) is 0.159. The summed E-state index contributed by atoms with van der Waals surface area (Å²) in [7, 11) is 0.0633. The minimum absolute atomic E-state index is 0.200. The highest BCUT2D eigenvalue weighted by atomic mass is 31.2. The van der Waals surface area contributed by atoms with E-state index in [-0.39, 0.29) is 5.41 Å². The third-order valence-electron chi connectivity index (χ3n) is 6.21. The fourth-order valence-corrected chi connectivity index (χ4v) is 7.05. The van der Waals surface area contributed by atoms with Gasteiger partial charge in [0.05, 0.1) is 23.8 Å². The molecule has 0 aliphatic carbocycles. The number of benzene rings is 3. The molecule has 3 aromatic carbocycles. The molecule has 3 aromatic rings. The maximum atomic E-state index is 13.6. The van der Waals surface area contributed by atoms with Crippen molar-refractivity contribution in [1.82, 2.24) is 0 Å². The van der Waals surface area contributed by atoms with Crippen molar-refractivity contribution < 1.29 is 23.4 Å². The zero-order valence-corrected chi connectivity index (χ0v) is 25.7. The summed E-state index contributed by atoms with van der Waals surface area (Å²) in [6.07, 6.45) is 5.29. The van der Waals surface area contributed by atoms with E-state index in [2.05, 4.69) is 27.7 Å². The Morgan fingerprint density at radius 3 is 1.50 bits per heavy atom. The van der Waals surface area contributed by atoms with Gasteiger partial charge in [0.1, 0.15) is 0 Å². The van der Waals surface area contributed by atoms with Gasteiger partial charge in [0.25, 0.3) is 0 Å². The fourth-order valence-electron chi connectivity index (χ4n) is 5.09. The highest BCUT2D eigenvalue weighted by molar-refractivity contribution is 7.74. The first-order valence-corrected chi connectivity index (χ1v) is 15.4. The van der Waals surface area contributed by atoms with Crippen LogP contribution in [0.15, 0.2) is 97.1 Å². The molecule has 0 aliphatic heterocycles. The van der Waals surface area contributed by atoms with E-state index in [0.29, 0.717) is 22.4 Å². The van der Waals surface area contributed by atoms with E-state index in [1.54, 1.807) is 68.8 Å². The van der Waals surface area contributed by atoms with Gasteiger partial charge in [-0.05, 0) is 60.6 Å². The first kappa shape index (κ1) is 33.2. The van der Waals surface area contributed by atoms with Gasteiger partial charge in [0.2, 0.25) is 0 Å². The molecule has 0 atom stereocenters. The topological polar surface area (TPSA) is 61.8 Å². The summed E-state index contributed by atoms with van der Waals surface area (Å²) in [5.41, 5.74) is 1.07. The molecule has 0 saturated carbocycles. The van der Waals surface area contributed by atoms with Gasteiger partial charge in [0, 0.05) is 25.7 Å². The number of hydrogen-bond donors (Lipinski definition) is 0. The van der Waals surface area contributed by atoms with E-state index in [0.717, 1.165) is 18.8 Å². The molecular formula is C34H45O5P. The van der Waals surface area contributed by atoms with Crippen LogP contribution in [0.25, 0.3) is 6.08 Å². The molecule has 3 rings (SSSR count). The number of methoxy groups -OCH3 is 2. The van der Waals surface area contributed by atoms with Crippen molar-refractivity contribution >= 4 is 30.0 Å². The average Bonchev–Trinajstić information content (AvgIpc) is 2.93. The molecule has 0 spiro atoms. The minimum Gasteiger partial charge on any atom is -0.401 e. The molecule has 0 aliphatic rings. The van der Waals surface area contributed by atoms with Crippen LogP contribution in [0, 0.1) is 17.3 Å². The molecule has 0 N–H and O–H groups in total. The Morgan fingerprint density at radius 1 is 0.725 bits per heavy atom. The summed E-state index contributed by atoms with van der Waals surface area (Å²) in [6, 6.07) is 27.0. The van der Waals surface area contributed by atoms with Gasteiger partial charge in [-0.1, -0.05) is 94.4 Å². The molecule has 6 heteroatoms. The number of rotatable bonds is 13. The maximum absolute atomic E-state index is 13.6. The molecule has 0 radical (unpaired) electrons. The number of hydrogen-bond acceptors (Lipinski definition) is 5. The number of carbonyl (C=O) groups is 1. The van der Waals surface area contributed by atoms with Crippen molar-refractivity contribution in [3.05, 3.63) is 103 Å². The summed E-state index contributed by atoms with van der Waals surface area (Å²) in [6.45, 7) is 10.7. The van der Waals surface area contributed by atoms with Gasteiger partial charge in [-0.25, -0.2) is 4.79 Å². The maximum Gasteiger partial charge on any atom is 0.336 e. The Kier molecular flexibility index (Phi) is 14.1. The van der Waals surface area contributed by atoms with Crippen molar-refractivity contribution in [1.29, 1.82) is 0 Å². The van der Waals surface area contributed by atoms with Crippen LogP contribution < -0.4 is 10.6 Å². The van der Waals surface area contributed by atoms with E-state index >= 15 is 0 Å². The molecule has 0 saturated heterocycles. The second-order valence-electron chi connectivity index (χ2n) is 10.9. The molecule has 0 amide bonds. The molecule has 0 fully saturated rings. The monoisotopic (exact) mass is 564 g/mol. The Labute approximate surface area is 241 Å².